The minimum atomic E-state index is -0.981. The Balaban J connectivity index is 1.88. The number of carbonyl (C=O) groups excluding carboxylic acids is 2. The summed E-state index contributed by atoms with van der Waals surface area (Å²) in [4.78, 5) is 44.3. The first-order chi connectivity index (χ1) is 16.7. The first-order valence-electron chi connectivity index (χ1n) is 12.5. The average molecular weight is 501 g/mol. The van der Waals surface area contributed by atoms with Gasteiger partial charge in [0.1, 0.15) is 6.04 Å². The normalized spacial score (nSPS) is 32.9. The van der Waals surface area contributed by atoms with Crippen molar-refractivity contribution in [2.75, 3.05) is 13.2 Å². The monoisotopic (exact) mass is 500 g/mol. The van der Waals surface area contributed by atoms with Crippen LogP contribution in [0.4, 0.5) is 0 Å². The quantitative estimate of drug-likeness (QED) is 0.478. The highest BCUT2D eigenvalue weighted by molar-refractivity contribution is 8.02. The van der Waals surface area contributed by atoms with Crippen LogP contribution in [0.3, 0.4) is 0 Å². The van der Waals surface area contributed by atoms with Gasteiger partial charge in [-0.2, -0.15) is 0 Å². The number of rotatable bonds is 10. The molecule has 3 aliphatic rings. The number of thioether (sulfide) groups is 1. The van der Waals surface area contributed by atoms with Crippen LogP contribution in [0.25, 0.3) is 0 Å². The lowest BCUT2D eigenvalue weighted by molar-refractivity contribution is -0.150. The van der Waals surface area contributed by atoms with Gasteiger partial charge < -0.3 is 20.0 Å². The van der Waals surface area contributed by atoms with Crippen molar-refractivity contribution in [3.63, 3.8) is 0 Å². The second-order valence-corrected chi connectivity index (χ2v) is 11.7. The van der Waals surface area contributed by atoms with Crippen molar-refractivity contribution in [1.29, 1.82) is 0 Å². The van der Waals surface area contributed by atoms with E-state index in [1.165, 1.54) is 16.7 Å². The van der Waals surface area contributed by atoms with E-state index in [4.69, 9.17) is 0 Å². The van der Waals surface area contributed by atoms with Crippen LogP contribution in [-0.4, -0.2) is 73.0 Å². The lowest BCUT2D eigenvalue weighted by Gasteiger charge is -2.43. The van der Waals surface area contributed by atoms with Crippen molar-refractivity contribution in [3.05, 3.63) is 48.6 Å². The number of benzene rings is 1. The van der Waals surface area contributed by atoms with E-state index in [-0.39, 0.29) is 35.6 Å². The summed E-state index contributed by atoms with van der Waals surface area (Å²) in [5.74, 6) is -3.13. The maximum atomic E-state index is 14.4. The molecule has 4 unspecified atom stereocenters. The third kappa shape index (κ3) is 3.89. The van der Waals surface area contributed by atoms with Gasteiger partial charge in [0.25, 0.3) is 0 Å². The van der Waals surface area contributed by atoms with E-state index in [1.807, 2.05) is 44.2 Å². The molecule has 3 heterocycles. The fourth-order valence-corrected chi connectivity index (χ4v) is 9.14. The Hall–Kier alpha value is -2.32. The van der Waals surface area contributed by atoms with Crippen LogP contribution in [0, 0.1) is 17.8 Å². The summed E-state index contributed by atoms with van der Waals surface area (Å²) in [6.45, 7) is 9.96. The number of likely N-dealkylation sites (tertiary alicyclic amines) is 1. The zero-order valence-corrected chi connectivity index (χ0v) is 21.5. The van der Waals surface area contributed by atoms with Crippen molar-refractivity contribution in [2.24, 2.45) is 17.8 Å². The number of amides is 2. The van der Waals surface area contributed by atoms with Gasteiger partial charge in [-0.3, -0.25) is 14.4 Å². The Morgan fingerprint density at radius 3 is 2.60 bits per heavy atom. The number of aliphatic carboxylic acids is 1. The molecule has 3 aliphatic heterocycles. The van der Waals surface area contributed by atoms with Crippen LogP contribution in [-0.2, 0) is 14.4 Å². The van der Waals surface area contributed by atoms with Gasteiger partial charge in [0.05, 0.1) is 29.2 Å². The molecule has 2 amide bonds. The molecule has 3 fully saturated rings. The molecule has 8 atom stereocenters. The summed E-state index contributed by atoms with van der Waals surface area (Å²) >= 11 is 1.52. The molecule has 1 aromatic rings. The number of carboxylic acids is 1. The molecule has 3 saturated heterocycles. The number of hydrogen-bond donors (Lipinski definition) is 2. The first kappa shape index (κ1) is 25.8. The van der Waals surface area contributed by atoms with Crippen molar-refractivity contribution in [3.8, 4) is 0 Å². The van der Waals surface area contributed by atoms with Crippen LogP contribution < -0.4 is 0 Å². The largest absolute Gasteiger partial charge is 0.481 e. The highest BCUT2D eigenvalue weighted by atomic mass is 32.2. The summed E-state index contributed by atoms with van der Waals surface area (Å²) < 4.78 is -0.838. The van der Waals surface area contributed by atoms with Gasteiger partial charge in [0.2, 0.25) is 11.8 Å². The zero-order chi connectivity index (χ0) is 25.5. The SMILES string of the molecule is C=CCN(C(=O)C1N([C@H](CO)c2ccccc2)C(=O)[C@@H]2[C@H](C(=O)O)[C@@H]3CC(C)C12S3)C(C)CCC. The topological polar surface area (TPSA) is 98.2 Å². The number of fused-ring (bicyclic) bond motifs is 1. The third-order valence-electron chi connectivity index (χ3n) is 8.24. The van der Waals surface area contributed by atoms with Gasteiger partial charge in [0.15, 0.2) is 0 Å². The van der Waals surface area contributed by atoms with E-state index >= 15 is 0 Å². The molecule has 35 heavy (non-hydrogen) atoms. The Morgan fingerprint density at radius 1 is 1.34 bits per heavy atom. The Morgan fingerprint density at radius 2 is 2.03 bits per heavy atom. The lowest BCUT2D eigenvalue weighted by Crippen LogP contribution is -2.59. The Kier molecular flexibility index (Phi) is 7.34. The number of carbonyl (C=O) groups is 3. The minimum absolute atomic E-state index is 0.0109. The molecule has 4 rings (SSSR count). The summed E-state index contributed by atoms with van der Waals surface area (Å²) in [6.07, 6.45) is 4.07. The maximum Gasteiger partial charge on any atom is 0.308 e. The first-order valence-corrected chi connectivity index (χ1v) is 13.4. The van der Waals surface area contributed by atoms with Crippen LogP contribution in [0.5, 0.6) is 0 Å². The fraction of sp³-hybridized carbons (Fsp3) is 0.593. The number of carboxylic acid groups (broad SMARTS) is 1. The van der Waals surface area contributed by atoms with Crippen molar-refractivity contribution < 1.29 is 24.6 Å². The molecule has 7 nitrogen and oxygen atoms in total. The van der Waals surface area contributed by atoms with Gasteiger partial charge in [-0.05, 0) is 31.2 Å². The number of aliphatic hydroxyl groups excluding tert-OH is 1. The smallest absolute Gasteiger partial charge is 0.308 e. The van der Waals surface area contributed by atoms with Crippen molar-refractivity contribution >= 4 is 29.5 Å². The summed E-state index contributed by atoms with van der Waals surface area (Å²) in [7, 11) is 0. The van der Waals surface area contributed by atoms with Crippen LogP contribution >= 0.6 is 11.8 Å². The van der Waals surface area contributed by atoms with Crippen LogP contribution in [0.15, 0.2) is 43.0 Å². The fourth-order valence-electron chi connectivity index (χ4n) is 6.74. The van der Waals surface area contributed by atoms with Crippen molar-refractivity contribution in [2.45, 2.75) is 68.2 Å². The van der Waals surface area contributed by atoms with Gasteiger partial charge >= 0.3 is 5.97 Å². The van der Waals surface area contributed by atoms with E-state index in [1.54, 1.807) is 11.0 Å². The van der Waals surface area contributed by atoms with Crippen molar-refractivity contribution in [1.82, 2.24) is 9.80 Å². The molecule has 0 radical (unpaired) electrons. The molecule has 1 aromatic carbocycles. The Labute approximate surface area is 211 Å². The molecule has 2 bridgehead atoms. The molecule has 190 valence electrons. The van der Waals surface area contributed by atoms with Gasteiger partial charge in [-0.1, -0.05) is 56.7 Å². The van der Waals surface area contributed by atoms with Crippen LogP contribution in [0.2, 0.25) is 0 Å². The van der Waals surface area contributed by atoms with Gasteiger partial charge in [-0.25, -0.2) is 0 Å². The van der Waals surface area contributed by atoms with E-state index in [9.17, 15) is 24.6 Å². The predicted molar refractivity (Wildman–Crippen MR) is 136 cm³/mol. The number of nitrogens with zero attached hydrogens (tertiary/aromatic N) is 2. The highest BCUT2D eigenvalue weighted by Gasteiger charge is 2.77. The minimum Gasteiger partial charge on any atom is -0.481 e. The van der Waals surface area contributed by atoms with E-state index in [0.717, 1.165) is 18.4 Å². The number of aliphatic hydroxyl groups is 1. The van der Waals surface area contributed by atoms with Gasteiger partial charge in [0, 0.05) is 17.8 Å². The molecular weight excluding hydrogens is 464 g/mol. The van der Waals surface area contributed by atoms with Crippen LogP contribution in [0.1, 0.15) is 51.6 Å². The molecule has 0 aromatic heterocycles. The van der Waals surface area contributed by atoms with Gasteiger partial charge in [-0.15, -0.1) is 18.3 Å². The predicted octanol–water partition coefficient (Wildman–Crippen LogP) is 3.35. The second kappa shape index (κ2) is 9.97. The molecular formula is C27H36N2O5S. The standard InChI is InChI=1S/C27H36N2O5S/c1-5-10-17(4)28(13-6-2)25(32)23-27-16(3)14-20(35-27)21(26(33)34)22(27)24(31)29(23)19(15-30)18-11-8-7-9-12-18/h6-9,11-12,16-17,19-23,30H,2,5,10,13-15H2,1,3-4H3,(H,33,34)/t16?,17?,19-,20+,21-,22+,23?,27?/m1/s1. The zero-order valence-electron chi connectivity index (χ0n) is 20.7. The molecule has 0 aliphatic carbocycles. The third-order valence-corrected chi connectivity index (χ3v) is 10.3. The lowest BCUT2D eigenvalue weighted by atomic mass is 9.66. The van der Waals surface area contributed by atoms with E-state index < -0.39 is 34.6 Å². The summed E-state index contributed by atoms with van der Waals surface area (Å²) in [5.41, 5.74) is 0.730. The Bertz CT molecular complexity index is 987. The maximum absolute atomic E-state index is 14.4. The highest BCUT2D eigenvalue weighted by Crippen LogP contribution is 2.69. The van der Waals surface area contributed by atoms with E-state index in [2.05, 4.69) is 13.5 Å². The summed E-state index contributed by atoms with van der Waals surface area (Å²) in [6, 6.07) is 7.57. The molecule has 8 heteroatoms. The average Bonchev–Trinajstić information content (AvgIpc) is 3.42. The molecule has 0 saturated carbocycles. The number of hydrogen-bond acceptors (Lipinski definition) is 5. The second-order valence-electron chi connectivity index (χ2n) is 10.2. The molecule has 2 N–H and O–H groups in total. The summed E-state index contributed by atoms with van der Waals surface area (Å²) in [5, 5.41) is 20.4. The van der Waals surface area contributed by atoms with E-state index in [0.29, 0.717) is 13.0 Å². The molecule has 1 spiro atoms.